The number of amides is 1. The van der Waals surface area contributed by atoms with Gasteiger partial charge in [0.15, 0.2) is 5.69 Å². The molecule has 0 saturated carbocycles. The van der Waals surface area contributed by atoms with Crippen LogP contribution < -0.4 is 5.32 Å². The highest BCUT2D eigenvalue weighted by Gasteiger charge is 2.17. The highest BCUT2D eigenvalue weighted by atomic mass is 16.4. The highest BCUT2D eigenvalue weighted by Crippen LogP contribution is 2.05. The molecule has 7 nitrogen and oxygen atoms in total. The average Bonchev–Trinajstić information content (AvgIpc) is 2.71. The Hall–Kier alpha value is -1.92. The Morgan fingerprint density at radius 1 is 1.40 bits per heavy atom. The first-order valence-electron chi connectivity index (χ1n) is 6.88. The Morgan fingerprint density at radius 2 is 2.10 bits per heavy atom. The molecule has 1 unspecified atom stereocenters. The minimum atomic E-state index is -1.14. The van der Waals surface area contributed by atoms with E-state index in [1.165, 1.54) is 4.68 Å². The lowest BCUT2D eigenvalue weighted by atomic mass is 10.1. The van der Waals surface area contributed by atoms with Gasteiger partial charge in [-0.2, -0.15) is 0 Å². The molecule has 0 bridgehead atoms. The second-order valence-electron chi connectivity index (χ2n) is 4.95. The predicted molar refractivity (Wildman–Crippen MR) is 73.5 cm³/mol. The third-order valence-electron chi connectivity index (χ3n) is 3.13. The number of carbonyl (C=O) groups is 2. The van der Waals surface area contributed by atoms with E-state index < -0.39 is 5.97 Å². The number of aromatic carboxylic acids is 1. The van der Waals surface area contributed by atoms with E-state index in [4.69, 9.17) is 5.11 Å². The fraction of sp³-hybridized carbons (Fsp3) is 0.692. The van der Waals surface area contributed by atoms with Crippen molar-refractivity contribution in [1.29, 1.82) is 0 Å². The molecule has 0 aliphatic carbocycles. The SMILES string of the molecule is CCCCCC(C)NC(=O)Cn1nnc(C(=O)O)c1C. The molecule has 1 rings (SSSR count). The summed E-state index contributed by atoms with van der Waals surface area (Å²) >= 11 is 0. The third kappa shape index (κ3) is 4.64. The monoisotopic (exact) mass is 282 g/mol. The van der Waals surface area contributed by atoms with Gasteiger partial charge in [0, 0.05) is 6.04 Å². The lowest BCUT2D eigenvalue weighted by molar-refractivity contribution is -0.122. The Labute approximate surface area is 118 Å². The van der Waals surface area contributed by atoms with Crippen molar-refractivity contribution in [2.45, 2.75) is 59.0 Å². The van der Waals surface area contributed by atoms with Crippen LogP contribution in [0.2, 0.25) is 0 Å². The van der Waals surface area contributed by atoms with Gasteiger partial charge in [-0.15, -0.1) is 5.10 Å². The van der Waals surface area contributed by atoms with E-state index in [1.807, 2.05) is 6.92 Å². The van der Waals surface area contributed by atoms with Crippen molar-refractivity contribution in [3.63, 3.8) is 0 Å². The standard InChI is InChI=1S/C13H22N4O3/c1-4-5-6-7-9(2)14-11(18)8-17-10(3)12(13(19)20)15-16-17/h9H,4-8H2,1-3H3,(H,14,18)(H,19,20). The molecule has 2 N–H and O–H groups in total. The maximum atomic E-state index is 11.8. The summed E-state index contributed by atoms with van der Waals surface area (Å²) in [6, 6.07) is 0.108. The largest absolute Gasteiger partial charge is 0.476 e. The number of carboxylic acids is 1. The van der Waals surface area contributed by atoms with Gasteiger partial charge in [0.1, 0.15) is 6.54 Å². The van der Waals surface area contributed by atoms with Crippen molar-refractivity contribution < 1.29 is 14.7 Å². The smallest absolute Gasteiger partial charge is 0.358 e. The normalized spacial score (nSPS) is 12.2. The summed E-state index contributed by atoms with van der Waals surface area (Å²) in [6.07, 6.45) is 4.33. The van der Waals surface area contributed by atoms with Crippen LogP contribution in [0.5, 0.6) is 0 Å². The van der Waals surface area contributed by atoms with Crippen LogP contribution in [0.4, 0.5) is 0 Å². The number of nitrogens with one attached hydrogen (secondary N) is 1. The first-order chi connectivity index (χ1) is 9.45. The first-order valence-corrected chi connectivity index (χ1v) is 6.88. The Kier molecular flexibility index (Phi) is 6.14. The number of hydrogen-bond donors (Lipinski definition) is 2. The minimum Gasteiger partial charge on any atom is -0.476 e. The molecule has 0 aliphatic heterocycles. The molecule has 1 aromatic rings. The second kappa shape index (κ2) is 7.62. The van der Waals surface area contributed by atoms with Gasteiger partial charge in [-0.05, 0) is 20.3 Å². The second-order valence-corrected chi connectivity index (χ2v) is 4.95. The van der Waals surface area contributed by atoms with Crippen LogP contribution >= 0.6 is 0 Å². The molecule has 112 valence electrons. The maximum absolute atomic E-state index is 11.8. The lowest BCUT2D eigenvalue weighted by Gasteiger charge is -2.13. The molecule has 0 radical (unpaired) electrons. The van der Waals surface area contributed by atoms with E-state index in [2.05, 4.69) is 22.6 Å². The molecule has 7 heteroatoms. The summed E-state index contributed by atoms with van der Waals surface area (Å²) in [4.78, 5) is 22.7. The number of carboxylic acid groups (broad SMARTS) is 1. The van der Waals surface area contributed by atoms with Gasteiger partial charge in [-0.25, -0.2) is 9.48 Å². The Bertz CT molecular complexity index is 470. The summed E-state index contributed by atoms with van der Waals surface area (Å²) in [5.41, 5.74) is 0.264. The van der Waals surface area contributed by atoms with Crippen LogP contribution in [0.1, 0.15) is 55.7 Å². The average molecular weight is 282 g/mol. The summed E-state index contributed by atoms with van der Waals surface area (Å²) in [5.74, 6) is -1.32. The number of rotatable bonds is 8. The van der Waals surface area contributed by atoms with E-state index in [-0.39, 0.29) is 24.2 Å². The molecule has 0 aromatic carbocycles. The molecular weight excluding hydrogens is 260 g/mol. The zero-order valence-electron chi connectivity index (χ0n) is 12.2. The lowest BCUT2D eigenvalue weighted by Crippen LogP contribution is -2.35. The molecule has 0 aliphatic rings. The number of unbranched alkanes of at least 4 members (excludes halogenated alkanes) is 2. The van der Waals surface area contributed by atoms with Crippen molar-refractivity contribution in [1.82, 2.24) is 20.3 Å². The van der Waals surface area contributed by atoms with Gasteiger partial charge in [-0.1, -0.05) is 31.4 Å². The van der Waals surface area contributed by atoms with E-state index in [0.717, 1.165) is 25.7 Å². The number of carbonyl (C=O) groups excluding carboxylic acids is 1. The summed E-state index contributed by atoms with van der Waals surface area (Å²) < 4.78 is 1.30. The molecule has 20 heavy (non-hydrogen) atoms. The van der Waals surface area contributed by atoms with Crippen molar-refractivity contribution in [2.24, 2.45) is 0 Å². The fourth-order valence-corrected chi connectivity index (χ4v) is 1.94. The van der Waals surface area contributed by atoms with E-state index in [9.17, 15) is 9.59 Å². The molecule has 0 fully saturated rings. The highest BCUT2D eigenvalue weighted by molar-refractivity contribution is 5.86. The summed E-state index contributed by atoms with van der Waals surface area (Å²) in [7, 11) is 0. The number of aromatic nitrogens is 3. The van der Waals surface area contributed by atoms with Crippen LogP contribution in [0.3, 0.4) is 0 Å². The van der Waals surface area contributed by atoms with Crippen LogP contribution in [-0.2, 0) is 11.3 Å². The van der Waals surface area contributed by atoms with Gasteiger partial charge in [0.2, 0.25) is 5.91 Å². The molecule has 0 spiro atoms. The molecule has 1 atom stereocenters. The van der Waals surface area contributed by atoms with Crippen molar-refractivity contribution in [3.8, 4) is 0 Å². The van der Waals surface area contributed by atoms with E-state index in [0.29, 0.717) is 5.69 Å². The third-order valence-corrected chi connectivity index (χ3v) is 3.13. The summed E-state index contributed by atoms with van der Waals surface area (Å²) in [6.45, 7) is 5.67. The van der Waals surface area contributed by atoms with Gasteiger partial charge >= 0.3 is 5.97 Å². The van der Waals surface area contributed by atoms with E-state index in [1.54, 1.807) is 6.92 Å². The van der Waals surface area contributed by atoms with Gasteiger partial charge in [0.25, 0.3) is 0 Å². The Morgan fingerprint density at radius 3 is 2.65 bits per heavy atom. The maximum Gasteiger partial charge on any atom is 0.358 e. The quantitative estimate of drug-likeness (QED) is 0.702. The van der Waals surface area contributed by atoms with Crippen LogP contribution in [0, 0.1) is 6.92 Å². The number of hydrogen-bond acceptors (Lipinski definition) is 4. The minimum absolute atomic E-state index is 0.00969. The molecule has 1 heterocycles. The fourth-order valence-electron chi connectivity index (χ4n) is 1.94. The summed E-state index contributed by atoms with van der Waals surface area (Å²) in [5, 5.41) is 19.0. The van der Waals surface area contributed by atoms with Gasteiger partial charge in [-0.3, -0.25) is 4.79 Å². The number of nitrogens with zero attached hydrogens (tertiary/aromatic N) is 3. The van der Waals surface area contributed by atoms with Crippen molar-refractivity contribution in [2.75, 3.05) is 0 Å². The van der Waals surface area contributed by atoms with Crippen molar-refractivity contribution >= 4 is 11.9 Å². The van der Waals surface area contributed by atoms with Crippen molar-refractivity contribution in [3.05, 3.63) is 11.4 Å². The zero-order valence-corrected chi connectivity index (χ0v) is 12.2. The molecule has 1 aromatic heterocycles. The van der Waals surface area contributed by atoms with Crippen LogP contribution in [0.25, 0.3) is 0 Å². The Balaban J connectivity index is 2.48. The zero-order chi connectivity index (χ0) is 15.1. The first kappa shape index (κ1) is 16.1. The molecule has 1 amide bonds. The van der Waals surface area contributed by atoms with Gasteiger partial charge in [0.05, 0.1) is 5.69 Å². The molecular formula is C13H22N4O3. The topological polar surface area (TPSA) is 97.1 Å². The molecule has 0 saturated heterocycles. The van der Waals surface area contributed by atoms with Crippen LogP contribution in [0.15, 0.2) is 0 Å². The van der Waals surface area contributed by atoms with Crippen LogP contribution in [-0.4, -0.2) is 38.0 Å². The predicted octanol–water partition coefficient (Wildman–Crippen LogP) is 1.37. The van der Waals surface area contributed by atoms with Gasteiger partial charge < -0.3 is 10.4 Å². The van der Waals surface area contributed by atoms with E-state index >= 15 is 0 Å².